The Morgan fingerprint density at radius 2 is 2.20 bits per heavy atom. The van der Waals surface area contributed by atoms with Crippen molar-refractivity contribution in [1.82, 2.24) is 10.3 Å². The number of halogens is 2. The number of aromatic nitrogens is 1. The Bertz CT molecular complexity index is 569. The van der Waals surface area contributed by atoms with E-state index in [0.29, 0.717) is 10.9 Å². The number of nitrogens with zero attached hydrogens (tertiary/aromatic N) is 1. The normalized spacial score (nSPS) is 11.2. The van der Waals surface area contributed by atoms with E-state index in [1.54, 1.807) is 6.20 Å². The third-order valence-corrected chi connectivity index (χ3v) is 4.04. The van der Waals surface area contributed by atoms with Crippen LogP contribution in [0.4, 0.5) is 0 Å². The third kappa shape index (κ3) is 4.33. The molecular formula is C15H18BrClN2O. The smallest absolute Gasteiger partial charge is 0.196 e. The first-order valence-electron chi connectivity index (χ1n) is 6.67. The first-order valence-corrected chi connectivity index (χ1v) is 7.84. The molecule has 0 bridgehead atoms. The number of hydrogen-bond donors (Lipinski definition) is 1. The summed E-state index contributed by atoms with van der Waals surface area (Å²) in [6.07, 6.45) is 2.55. The Morgan fingerprint density at radius 1 is 1.40 bits per heavy atom. The van der Waals surface area contributed by atoms with Gasteiger partial charge in [0.15, 0.2) is 11.7 Å². The van der Waals surface area contributed by atoms with Crippen molar-refractivity contribution < 1.29 is 4.42 Å². The molecule has 2 aromatic rings. The highest BCUT2D eigenvalue weighted by molar-refractivity contribution is 9.10. The van der Waals surface area contributed by atoms with E-state index in [2.05, 4.69) is 40.1 Å². The molecule has 0 fully saturated rings. The van der Waals surface area contributed by atoms with E-state index in [4.69, 9.17) is 16.0 Å². The number of oxazole rings is 1. The number of benzene rings is 1. The molecule has 0 aliphatic carbocycles. The lowest BCUT2D eigenvalue weighted by molar-refractivity contribution is 0.483. The predicted molar refractivity (Wildman–Crippen MR) is 86.1 cm³/mol. The Hall–Kier alpha value is -0.840. The van der Waals surface area contributed by atoms with Gasteiger partial charge in [0.1, 0.15) is 0 Å². The van der Waals surface area contributed by atoms with Gasteiger partial charge in [0, 0.05) is 23.0 Å². The van der Waals surface area contributed by atoms with E-state index in [9.17, 15) is 0 Å². The van der Waals surface area contributed by atoms with E-state index in [1.807, 2.05) is 18.2 Å². The monoisotopic (exact) mass is 356 g/mol. The Morgan fingerprint density at radius 3 is 2.90 bits per heavy atom. The van der Waals surface area contributed by atoms with Gasteiger partial charge in [-0.1, -0.05) is 25.4 Å². The second-order valence-corrected chi connectivity index (χ2v) is 6.36. The third-order valence-electron chi connectivity index (χ3n) is 2.83. The maximum absolute atomic E-state index is 5.98. The van der Waals surface area contributed by atoms with Crippen molar-refractivity contribution in [2.45, 2.75) is 20.3 Å². The molecule has 1 N–H and O–H groups in total. The van der Waals surface area contributed by atoms with Gasteiger partial charge in [0.05, 0.1) is 11.2 Å². The van der Waals surface area contributed by atoms with Crippen LogP contribution in [0.15, 0.2) is 33.3 Å². The Labute approximate surface area is 132 Å². The minimum atomic E-state index is 0.654. The Balaban J connectivity index is 1.96. The molecule has 108 valence electrons. The molecule has 0 saturated heterocycles. The second kappa shape index (κ2) is 7.25. The molecule has 1 heterocycles. The highest BCUT2D eigenvalue weighted by Crippen LogP contribution is 2.29. The van der Waals surface area contributed by atoms with Gasteiger partial charge in [0.25, 0.3) is 0 Å². The second-order valence-electron chi connectivity index (χ2n) is 5.10. The summed E-state index contributed by atoms with van der Waals surface area (Å²) in [5.74, 6) is 2.17. The van der Waals surface area contributed by atoms with E-state index in [1.165, 1.54) is 0 Å². The van der Waals surface area contributed by atoms with Crippen LogP contribution in [0.1, 0.15) is 19.7 Å². The molecule has 0 aliphatic rings. The van der Waals surface area contributed by atoms with Gasteiger partial charge in [-0.3, -0.25) is 0 Å². The van der Waals surface area contributed by atoms with E-state index in [-0.39, 0.29) is 0 Å². The van der Waals surface area contributed by atoms with E-state index >= 15 is 0 Å². The van der Waals surface area contributed by atoms with Crippen molar-refractivity contribution in [2.75, 3.05) is 13.1 Å². The van der Waals surface area contributed by atoms with Gasteiger partial charge < -0.3 is 9.73 Å². The molecule has 0 atom stereocenters. The van der Waals surface area contributed by atoms with E-state index in [0.717, 1.165) is 41.2 Å². The molecular weight excluding hydrogens is 340 g/mol. The zero-order chi connectivity index (χ0) is 14.5. The summed E-state index contributed by atoms with van der Waals surface area (Å²) in [4.78, 5) is 4.31. The van der Waals surface area contributed by atoms with Crippen LogP contribution in [0.25, 0.3) is 11.3 Å². The van der Waals surface area contributed by atoms with Crippen LogP contribution in [0.5, 0.6) is 0 Å². The fourth-order valence-corrected chi connectivity index (χ4v) is 2.29. The summed E-state index contributed by atoms with van der Waals surface area (Å²) in [5, 5.41) is 4.06. The molecule has 1 aromatic carbocycles. The molecule has 0 radical (unpaired) electrons. The van der Waals surface area contributed by atoms with Crippen molar-refractivity contribution in [3.05, 3.63) is 39.8 Å². The fraction of sp³-hybridized carbons (Fsp3) is 0.400. The number of hydrogen-bond acceptors (Lipinski definition) is 3. The van der Waals surface area contributed by atoms with Crippen molar-refractivity contribution in [3.63, 3.8) is 0 Å². The molecule has 2 rings (SSSR count). The molecule has 20 heavy (non-hydrogen) atoms. The van der Waals surface area contributed by atoms with Gasteiger partial charge in [-0.15, -0.1) is 0 Å². The summed E-state index contributed by atoms with van der Waals surface area (Å²) in [6.45, 7) is 6.27. The average Bonchev–Trinajstić information content (AvgIpc) is 2.86. The molecule has 0 unspecified atom stereocenters. The average molecular weight is 358 g/mol. The largest absolute Gasteiger partial charge is 0.441 e. The van der Waals surface area contributed by atoms with Crippen LogP contribution in [0, 0.1) is 5.92 Å². The van der Waals surface area contributed by atoms with Gasteiger partial charge in [-0.2, -0.15) is 0 Å². The number of rotatable bonds is 6. The zero-order valence-corrected chi connectivity index (χ0v) is 14.0. The van der Waals surface area contributed by atoms with Crippen LogP contribution in [-0.2, 0) is 6.42 Å². The van der Waals surface area contributed by atoms with Crippen LogP contribution in [0.2, 0.25) is 5.02 Å². The molecule has 0 aliphatic heterocycles. The van der Waals surface area contributed by atoms with Crippen molar-refractivity contribution in [3.8, 4) is 11.3 Å². The summed E-state index contributed by atoms with van der Waals surface area (Å²) in [6, 6.07) is 5.70. The Kier molecular flexibility index (Phi) is 5.64. The summed E-state index contributed by atoms with van der Waals surface area (Å²) in [5.41, 5.74) is 0.968. The van der Waals surface area contributed by atoms with Crippen LogP contribution < -0.4 is 5.32 Å². The molecule has 0 amide bonds. The maximum Gasteiger partial charge on any atom is 0.196 e. The minimum Gasteiger partial charge on any atom is -0.441 e. The van der Waals surface area contributed by atoms with Gasteiger partial charge in [-0.05, 0) is 46.6 Å². The standard InChI is InChI=1S/C15H18BrClN2O/c1-10(2)8-18-6-5-15-19-9-14(20-15)11-3-4-13(17)12(16)7-11/h3-4,7,9-10,18H,5-6,8H2,1-2H3. The highest BCUT2D eigenvalue weighted by atomic mass is 79.9. The topological polar surface area (TPSA) is 38.1 Å². The van der Waals surface area contributed by atoms with Crippen LogP contribution >= 0.6 is 27.5 Å². The first-order chi connectivity index (χ1) is 9.56. The zero-order valence-electron chi connectivity index (χ0n) is 11.6. The van der Waals surface area contributed by atoms with Gasteiger partial charge in [-0.25, -0.2) is 4.98 Å². The fourth-order valence-electron chi connectivity index (χ4n) is 1.79. The summed E-state index contributed by atoms with van der Waals surface area (Å²) >= 11 is 9.39. The van der Waals surface area contributed by atoms with Gasteiger partial charge in [0.2, 0.25) is 0 Å². The lowest BCUT2D eigenvalue weighted by Gasteiger charge is -2.05. The molecule has 0 saturated carbocycles. The molecule has 0 spiro atoms. The van der Waals surface area contributed by atoms with Crippen LogP contribution in [0.3, 0.4) is 0 Å². The van der Waals surface area contributed by atoms with Crippen LogP contribution in [-0.4, -0.2) is 18.1 Å². The number of nitrogens with one attached hydrogen (secondary N) is 1. The van der Waals surface area contributed by atoms with Crippen molar-refractivity contribution in [2.24, 2.45) is 5.92 Å². The first kappa shape index (κ1) is 15.5. The highest BCUT2D eigenvalue weighted by Gasteiger charge is 2.08. The lowest BCUT2D eigenvalue weighted by atomic mass is 10.2. The van der Waals surface area contributed by atoms with Crippen molar-refractivity contribution >= 4 is 27.5 Å². The quantitative estimate of drug-likeness (QED) is 0.771. The predicted octanol–water partition coefficient (Wildman–Crippen LogP) is 4.55. The maximum atomic E-state index is 5.98. The summed E-state index contributed by atoms with van der Waals surface area (Å²) < 4.78 is 6.61. The molecule has 5 heteroatoms. The lowest BCUT2D eigenvalue weighted by Crippen LogP contribution is -2.22. The van der Waals surface area contributed by atoms with Gasteiger partial charge >= 0.3 is 0 Å². The minimum absolute atomic E-state index is 0.654. The SMILES string of the molecule is CC(C)CNCCc1ncc(-c2ccc(Cl)c(Br)c2)o1. The molecule has 3 nitrogen and oxygen atoms in total. The molecule has 1 aromatic heterocycles. The van der Waals surface area contributed by atoms with Crippen molar-refractivity contribution in [1.29, 1.82) is 0 Å². The summed E-state index contributed by atoms with van der Waals surface area (Å²) in [7, 11) is 0. The van der Waals surface area contributed by atoms with E-state index < -0.39 is 0 Å².